The molecule has 2 N–H and O–H groups in total. The normalized spacial score (nSPS) is 19.8. The van der Waals surface area contributed by atoms with Crippen molar-refractivity contribution in [3.8, 4) is 0 Å². The van der Waals surface area contributed by atoms with Crippen molar-refractivity contribution in [1.82, 2.24) is 10.6 Å². The molecule has 6 heteroatoms. The summed E-state index contributed by atoms with van der Waals surface area (Å²) < 4.78 is 13.7. The zero-order valence-corrected chi connectivity index (χ0v) is 11.1. The van der Waals surface area contributed by atoms with Gasteiger partial charge in [-0.15, -0.1) is 0 Å². The van der Waals surface area contributed by atoms with Gasteiger partial charge in [-0.05, 0) is 34.0 Å². The standard InChI is InChI=1S/C12H12BrFN2O2/c13-11-7(2-1-3-8(11)14)6-15-9-4-5-10(17)16-12(9)18/h1-3,9,15H,4-6H2,(H,16,17,18). The maximum Gasteiger partial charge on any atom is 0.243 e. The third-order valence-electron chi connectivity index (χ3n) is 2.81. The molecule has 0 aliphatic carbocycles. The molecule has 4 nitrogen and oxygen atoms in total. The Morgan fingerprint density at radius 2 is 2.22 bits per heavy atom. The highest BCUT2D eigenvalue weighted by Gasteiger charge is 2.25. The zero-order chi connectivity index (χ0) is 13.1. The number of hydrogen-bond acceptors (Lipinski definition) is 3. The number of rotatable bonds is 3. The van der Waals surface area contributed by atoms with E-state index in [4.69, 9.17) is 0 Å². The van der Waals surface area contributed by atoms with E-state index in [1.807, 2.05) is 0 Å². The second kappa shape index (κ2) is 5.58. The lowest BCUT2D eigenvalue weighted by Gasteiger charge is -2.22. The van der Waals surface area contributed by atoms with Crippen LogP contribution in [-0.2, 0) is 16.1 Å². The first kappa shape index (κ1) is 13.2. The quantitative estimate of drug-likeness (QED) is 0.831. The topological polar surface area (TPSA) is 58.2 Å². The van der Waals surface area contributed by atoms with Gasteiger partial charge in [0.2, 0.25) is 11.8 Å². The molecule has 1 aromatic carbocycles. The van der Waals surface area contributed by atoms with Crippen LogP contribution in [0.15, 0.2) is 22.7 Å². The van der Waals surface area contributed by atoms with Crippen molar-refractivity contribution in [3.05, 3.63) is 34.1 Å². The summed E-state index contributed by atoms with van der Waals surface area (Å²) in [4.78, 5) is 22.5. The fourth-order valence-electron chi connectivity index (χ4n) is 1.81. The first-order chi connectivity index (χ1) is 8.58. The molecule has 1 aromatic rings. The van der Waals surface area contributed by atoms with Crippen LogP contribution in [0, 0.1) is 5.82 Å². The van der Waals surface area contributed by atoms with E-state index in [0.717, 1.165) is 5.56 Å². The van der Waals surface area contributed by atoms with E-state index in [1.165, 1.54) is 6.07 Å². The highest BCUT2D eigenvalue weighted by Crippen LogP contribution is 2.20. The van der Waals surface area contributed by atoms with E-state index in [0.29, 0.717) is 23.9 Å². The fourth-order valence-corrected chi connectivity index (χ4v) is 2.21. The third kappa shape index (κ3) is 2.94. The maximum atomic E-state index is 13.3. The molecule has 0 radical (unpaired) electrons. The van der Waals surface area contributed by atoms with Gasteiger partial charge in [0.1, 0.15) is 5.82 Å². The van der Waals surface area contributed by atoms with Crippen molar-refractivity contribution < 1.29 is 14.0 Å². The number of amides is 2. The molecule has 1 atom stereocenters. The molecule has 0 aromatic heterocycles. The number of carbonyl (C=O) groups excluding carboxylic acids is 2. The summed E-state index contributed by atoms with van der Waals surface area (Å²) in [6, 6.07) is 4.34. The molecule has 2 amide bonds. The minimum Gasteiger partial charge on any atom is -0.302 e. The summed E-state index contributed by atoms with van der Waals surface area (Å²) in [6.07, 6.45) is 0.797. The maximum absolute atomic E-state index is 13.3. The summed E-state index contributed by atoms with van der Waals surface area (Å²) in [6.45, 7) is 0.366. The molecule has 1 heterocycles. The molecule has 96 valence electrons. The monoisotopic (exact) mass is 314 g/mol. The highest BCUT2D eigenvalue weighted by molar-refractivity contribution is 9.10. The summed E-state index contributed by atoms with van der Waals surface area (Å²) >= 11 is 3.16. The van der Waals surface area contributed by atoms with Gasteiger partial charge >= 0.3 is 0 Å². The van der Waals surface area contributed by atoms with Gasteiger partial charge in [-0.3, -0.25) is 14.9 Å². The van der Waals surface area contributed by atoms with Crippen LogP contribution in [-0.4, -0.2) is 17.9 Å². The van der Waals surface area contributed by atoms with E-state index in [-0.39, 0.29) is 17.6 Å². The predicted molar refractivity (Wildman–Crippen MR) is 67.1 cm³/mol. The Morgan fingerprint density at radius 1 is 1.44 bits per heavy atom. The lowest BCUT2D eigenvalue weighted by Crippen LogP contribution is -2.50. The minimum absolute atomic E-state index is 0.245. The van der Waals surface area contributed by atoms with E-state index < -0.39 is 6.04 Å². The smallest absolute Gasteiger partial charge is 0.243 e. The molecule has 2 rings (SSSR count). The van der Waals surface area contributed by atoms with Crippen molar-refractivity contribution in [2.75, 3.05) is 0 Å². The van der Waals surface area contributed by atoms with Crippen LogP contribution >= 0.6 is 15.9 Å². The van der Waals surface area contributed by atoms with Gasteiger partial charge in [-0.1, -0.05) is 12.1 Å². The molecule has 0 bridgehead atoms. The van der Waals surface area contributed by atoms with Crippen molar-refractivity contribution in [3.63, 3.8) is 0 Å². The first-order valence-corrected chi connectivity index (χ1v) is 6.37. The Bertz CT molecular complexity index is 493. The van der Waals surface area contributed by atoms with E-state index in [9.17, 15) is 14.0 Å². The zero-order valence-electron chi connectivity index (χ0n) is 9.50. The number of imide groups is 1. The molecule has 1 fully saturated rings. The average molecular weight is 315 g/mol. The molecule has 1 aliphatic rings. The SMILES string of the molecule is O=C1CCC(NCc2cccc(F)c2Br)C(=O)N1. The number of carbonyl (C=O) groups is 2. The van der Waals surface area contributed by atoms with E-state index in [2.05, 4.69) is 26.6 Å². The minimum atomic E-state index is -0.405. The highest BCUT2D eigenvalue weighted by atomic mass is 79.9. The van der Waals surface area contributed by atoms with Crippen molar-refractivity contribution >= 4 is 27.7 Å². The molecule has 0 spiro atoms. The molecule has 1 saturated heterocycles. The van der Waals surface area contributed by atoms with Crippen LogP contribution in [0.2, 0.25) is 0 Å². The molecular weight excluding hydrogens is 303 g/mol. The first-order valence-electron chi connectivity index (χ1n) is 5.58. The van der Waals surface area contributed by atoms with Crippen LogP contribution in [0.3, 0.4) is 0 Å². The van der Waals surface area contributed by atoms with Crippen molar-refractivity contribution in [2.45, 2.75) is 25.4 Å². The Morgan fingerprint density at radius 3 is 2.94 bits per heavy atom. The number of halogens is 2. The van der Waals surface area contributed by atoms with Crippen molar-refractivity contribution in [1.29, 1.82) is 0 Å². The Hall–Kier alpha value is -1.27. The second-order valence-corrected chi connectivity index (χ2v) is 4.89. The van der Waals surface area contributed by atoms with Crippen LogP contribution < -0.4 is 10.6 Å². The lowest BCUT2D eigenvalue weighted by atomic mass is 10.1. The summed E-state index contributed by atoms with van der Waals surface area (Å²) in [7, 11) is 0. The van der Waals surface area contributed by atoms with Crippen LogP contribution in [0.4, 0.5) is 4.39 Å². The van der Waals surface area contributed by atoms with Gasteiger partial charge in [0.05, 0.1) is 10.5 Å². The molecule has 0 saturated carbocycles. The summed E-state index contributed by atoms with van der Waals surface area (Å²) in [5, 5.41) is 5.28. The van der Waals surface area contributed by atoms with E-state index in [1.54, 1.807) is 12.1 Å². The number of piperidine rings is 1. The van der Waals surface area contributed by atoms with Crippen LogP contribution in [0.1, 0.15) is 18.4 Å². The van der Waals surface area contributed by atoms with Gasteiger partial charge in [0.25, 0.3) is 0 Å². The van der Waals surface area contributed by atoms with Crippen LogP contribution in [0.5, 0.6) is 0 Å². The largest absolute Gasteiger partial charge is 0.302 e. The molecule has 1 aliphatic heterocycles. The molecule has 1 unspecified atom stereocenters. The number of benzene rings is 1. The predicted octanol–water partition coefficient (Wildman–Crippen LogP) is 1.48. The van der Waals surface area contributed by atoms with Gasteiger partial charge in [0.15, 0.2) is 0 Å². The van der Waals surface area contributed by atoms with E-state index >= 15 is 0 Å². The van der Waals surface area contributed by atoms with Gasteiger partial charge in [-0.2, -0.15) is 0 Å². The molecular formula is C12H12BrFN2O2. The second-order valence-electron chi connectivity index (χ2n) is 4.10. The number of hydrogen-bond donors (Lipinski definition) is 2. The van der Waals surface area contributed by atoms with Gasteiger partial charge in [0, 0.05) is 13.0 Å². The Labute approximate surface area is 112 Å². The van der Waals surface area contributed by atoms with Gasteiger partial charge in [-0.25, -0.2) is 4.39 Å². The van der Waals surface area contributed by atoms with Crippen molar-refractivity contribution in [2.24, 2.45) is 0 Å². The third-order valence-corrected chi connectivity index (χ3v) is 3.70. The summed E-state index contributed by atoms with van der Waals surface area (Å²) in [5.41, 5.74) is 0.736. The Kier molecular flexibility index (Phi) is 4.08. The van der Waals surface area contributed by atoms with Gasteiger partial charge < -0.3 is 5.32 Å². The summed E-state index contributed by atoms with van der Waals surface area (Å²) in [5.74, 6) is -0.902. The number of nitrogens with one attached hydrogen (secondary N) is 2. The lowest BCUT2D eigenvalue weighted by molar-refractivity contribution is -0.134. The molecule has 18 heavy (non-hydrogen) atoms. The van der Waals surface area contributed by atoms with Crippen LogP contribution in [0.25, 0.3) is 0 Å². The Balaban J connectivity index is 1.97. The average Bonchev–Trinajstić information content (AvgIpc) is 2.33. The fraction of sp³-hybridized carbons (Fsp3) is 0.333.